The third-order valence-corrected chi connectivity index (χ3v) is 2.55. The molecule has 102 valence electrons. The molecule has 0 aliphatic rings. The highest BCUT2D eigenvalue weighted by molar-refractivity contribution is 5.92. The first-order valence-electron chi connectivity index (χ1n) is 5.73. The molecule has 0 spiro atoms. The second kappa shape index (κ2) is 5.59. The molecule has 0 aliphatic heterocycles. The Bertz CT molecular complexity index is 563. The molecule has 2 aromatic heterocycles. The molecule has 0 aromatic carbocycles. The van der Waals surface area contributed by atoms with Gasteiger partial charge in [-0.2, -0.15) is 23.7 Å². The average molecular weight is 269 g/mol. The minimum atomic E-state index is -2.83. The summed E-state index contributed by atoms with van der Waals surface area (Å²) < 4.78 is 27.2. The van der Waals surface area contributed by atoms with E-state index < -0.39 is 12.5 Å². The Morgan fingerprint density at radius 2 is 2.26 bits per heavy atom. The fourth-order valence-corrected chi connectivity index (χ4v) is 1.59. The van der Waals surface area contributed by atoms with E-state index in [1.165, 1.54) is 6.07 Å². The summed E-state index contributed by atoms with van der Waals surface area (Å²) in [5.74, 6) is -0.595. The zero-order chi connectivity index (χ0) is 13.8. The number of nitrogens with one attached hydrogen (secondary N) is 1. The molecule has 6 nitrogen and oxygen atoms in total. The second-order valence-electron chi connectivity index (χ2n) is 3.83. The van der Waals surface area contributed by atoms with Crippen molar-refractivity contribution in [2.45, 2.75) is 26.6 Å². The topological polar surface area (TPSA) is 64.7 Å². The van der Waals surface area contributed by atoms with Gasteiger partial charge in [-0.25, -0.2) is 0 Å². The number of alkyl halides is 2. The molecular weight excluding hydrogens is 256 g/mol. The third-order valence-electron chi connectivity index (χ3n) is 2.55. The quantitative estimate of drug-likeness (QED) is 0.893. The van der Waals surface area contributed by atoms with Crippen molar-refractivity contribution in [3.05, 3.63) is 35.9 Å². The number of nitrogens with zero attached hydrogens (tertiary/aromatic N) is 4. The summed E-state index contributed by atoms with van der Waals surface area (Å²) in [5.41, 5.74) is 0.635. The van der Waals surface area contributed by atoms with E-state index in [2.05, 4.69) is 15.5 Å². The Morgan fingerprint density at radius 3 is 2.89 bits per heavy atom. The first-order valence-corrected chi connectivity index (χ1v) is 5.73. The van der Waals surface area contributed by atoms with Crippen molar-refractivity contribution in [2.24, 2.45) is 0 Å². The van der Waals surface area contributed by atoms with Crippen LogP contribution in [0, 0.1) is 0 Å². The molecule has 0 aliphatic carbocycles. The predicted octanol–water partition coefficient (Wildman–Crippen LogP) is 1.42. The molecule has 0 bridgehead atoms. The summed E-state index contributed by atoms with van der Waals surface area (Å²) in [6.07, 6.45) is 4.56. The van der Waals surface area contributed by atoms with Crippen LogP contribution in [-0.2, 0) is 13.1 Å². The molecule has 19 heavy (non-hydrogen) atoms. The van der Waals surface area contributed by atoms with Crippen LogP contribution in [0.1, 0.15) is 29.5 Å². The van der Waals surface area contributed by atoms with Gasteiger partial charge in [-0.1, -0.05) is 0 Å². The van der Waals surface area contributed by atoms with Crippen LogP contribution in [0.4, 0.5) is 8.78 Å². The molecule has 2 rings (SSSR count). The van der Waals surface area contributed by atoms with Crippen LogP contribution in [0.2, 0.25) is 0 Å². The minimum Gasteiger partial charge on any atom is -0.347 e. The van der Waals surface area contributed by atoms with Gasteiger partial charge in [0.05, 0.1) is 6.20 Å². The van der Waals surface area contributed by atoms with Gasteiger partial charge in [-0.15, -0.1) is 0 Å². The average Bonchev–Trinajstić information content (AvgIpc) is 3.04. The van der Waals surface area contributed by atoms with Gasteiger partial charge in [-0.3, -0.25) is 9.48 Å². The van der Waals surface area contributed by atoms with Crippen LogP contribution >= 0.6 is 0 Å². The van der Waals surface area contributed by atoms with Gasteiger partial charge in [0.15, 0.2) is 0 Å². The second-order valence-corrected chi connectivity index (χ2v) is 3.83. The number of carbonyl (C=O) groups excluding carboxylic acids is 1. The molecular formula is C11H13F2N5O. The van der Waals surface area contributed by atoms with Gasteiger partial charge >= 0.3 is 6.55 Å². The van der Waals surface area contributed by atoms with E-state index in [1.54, 1.807) is 17.1 Å². The lowest BCUT2D eigenvalue weighted by Crippen LogP contribution is -2.26. The Morgan fingerprint density at radius 1 is 1.47 bits per heavy atom. The molecule has 0 saturated carbocycles. The van der Waals surface area contributed by atoms with Crippen LogP contribution in [-0.4, -0.2) is 25.5 Å². The van der Waals surface area contributed by atoms with E-state index >= 15 is 0 Å². The molecule has 1 N–H and O–H groups in total. The monoisotopic (exact) mass is 269 g/mol. The minimum absolute atomic E-state index is 0.169. The smallest absolute Gasteiger partial charge is 0.333 e. The fraction of sp³-hybridized carbons (Fsp3) is 0.364. The summed E-state index contributed by atoms with van der Waals surface area (Å²) in [6.45, 7) is 0.0641. The standard InChI is InChI=1S/C11H13F2N5O/c1-2-17-7-8(6-16-17)5-14-10(19)9-3-4-15-18(9)11(12)13/h3-4,6-7,11H,2,5H2,1H3,(H,14,19). The van der Waals surface area contributed by atoms with Crippen molar-refractivity contribution in [1.82, 2.24) is 24.9 Å². The highest BCUT2D eigenvalue weighted by Gasteiger charge is 2.17. The maximum atomic E-state index is 12.5. The fourth-order valence-electron chi connectivity index (χ4n) is 1.59. The molecule has 0 unspecified atom stereocenters. The van der Waals surface area contributed by atoms with Crippen molar-refractivity contribution in [1.29, 1.82) is 0 Å². The van der Waals surface area contributed by atoms with Crippen LogP contribution in [0.25, 0.3) is 0 Å². The predicted molar refractivity (Wildman–Crippen MR) is 62.6 cm³/mol. The zero-order valence-electron chi connectivity index (χ0n) is 10.3. The molecule has 8 heteroatoms. The Kier molecular flexibility index (Phi) is 3.88. The van der Waals surface area contributed by atoms with Gasteiger partial charge in [0, 0.05) is 31.0 Å². The summed E-state index contributed by atoms with van der Waals surface area (Å²) >= 11 is 0. The molecule has 1 amide bonds. The first kappa shape index (κ1) is 13.2. The van der Waals surface area contributed by atoms with Gasteiger partial charge in [0.2, 0.25) is 0 Å². The van der Waals surface area contributed by atoms with E-state index in [9.17, 15) is 13.6 Å². The van der Waals surface area contributed by atoms with Crippen molar-refractivity contribution < 1.29 is 13.6 Å². The third kappa shape index (κ3) is 2.95. The highest BCUT2D eigenvalue weighted by Crippen LogP contribution is 2.11. The van der Waals surface area contributed by atoms with E-state index in [0.29, 0.717) is 4.68 Å². The number of hydrogen-bond donors (Lipinski definition) is 1. The Hall–Kier alpha value is -2.25. The molecule has 2 heterocycles. The van der Waals surface area contributed by atoms with Gasteiger partial charge in [0.25, 0.3) is 5.91 Å². The highest BCUT2D eigenvalue weighted by atomic mass is 19.3. The number of amides is 1. The van der Waals surface area contributed by atoms with Crippen LogP contribution in [0.3, 0.4) is 0 Å². The number of halogens is 2. The van der Waals surface area contributed by atoms with Crippen molar-refractivity contribution in [3.8, 4) is 0 Å². The SMILES string of the molecule is CCn1cc(CNC(=O)c2ccnn2C(F)F)cn1. The molecule has 0 saturated heterocycles. The van der Waals surface area contributed by atoms with Gasteiger partial charge < -0.3 is 5.32 Å². The maximum absolute atomic E-state index is 12.5. The Labute approximate surface area is 108 Å². The van der Waals surface area contributed by atoms with E-state index in [1.807, 2.05) is 6.92 Å². The van der Waals surface area contributed by atoms with E-state index in [-0.39, 0.29) is 12.2 Å². The van der Waals surface area contributed by atoms with Crippen LogP contribution in [0.5, 0.6) is 0 Å². The van der Waals surface area contributed by atoms with Crippen molar-refractivity contribution in [2.75, 3.05) is 0 Å². The lowest BCUT2D eigenvalue weighted by atomic mass is 10.3. The summed E-state index contributed by atoms with van der Waals surface area (Å²) in [7, 11) is 0. The summed E-state index contributed by atoms with van der Waals surface area (Å²) in [4.78, 5) is 11.7. The van der Waals surface area contributed by atoms with E-state index in [4.69, 9.17) is 0 Å². The number of aromatic nitrogens is 4. The number of carbonyl (C=O) groups is 1. The first-order chi connectivity index (χ1) is 9.11. The van der Waals surface area contributed by atoms with Gasteiger partial charge in [0.1, 0.15) is 5.69 Å². The molecule has 0 radical (unpaired) electrons. The number of rotatable bonds is 5. The summed E-state index contributed by atoms with van der Waals surface area (Å²) in [5, 5.41) is 10.00. The molecule has 0 fully saturated rings. The maximum Gasteiger partial charge on any atom is 0.333 e. The van der Waals surface area contributed by atoms with Crippen LogP contribution < -0.4 is 5.32 Å². The largest absolute Gasteiger partial charge is 0.347 e. The lowest BCUT2D eigenvalue weighted by Gasteiger charge is -2.06. The number of aryl methyl sites for hydroxylation is 1. The van der Waals surface area contributed by atoms with Crippen molar-refractivity contribution in [3.63, 3.8) is 0 Å². The lowest BCUT2D eigenvalue weighted by molar-refractivity contribution is 0.0509. The zero-order valence-corrected chi connectivity index (χ0v) is 10.3. The van der Waals surface area contributed by atoms with Crippen LogP contribution in [0.15, 0.2) is 24.7 Å². The molecule has 2 aromatic rings. The number of hydrogen-bond acceptors (Lipinski definition) is 3. The normalized spacial score (nSPS) is 10.9. The Balaban J connectivity index is 1.99. The summed E-state index contributed by atoms with van der Waals surface area (Å²) in [6, 6.07) is 1.25. The van der Waals surface area contributed by atoms with Gasteiger partial charge in [-0.05, 0) is 13.0 Å². The van der Waals surface area contributed by atoms with Crippen molar-refractivity contribution >= 4 is 5.91 Å². The molecule has 0 atom stereocenters. The van der Waals surface area contributed by atoms with E-state index in [0.717, 1.165) is 18.3 Å².